The van der Waals surface area contributed by atoms with Crippen molar-refractivity contribution in [3.8, 4) is 0 Å². The van der Waals surface area contributed by atoms with Crippen molar-refractivity contribution in [1.82, 2.24) is 5.32 Å². The molecule has 15 heteroatoms. The minimum absolute atomic E-state index is 0.0747. The van der Waals surface area contributed by atoms with Crippen LogP contribution in [0.2, 0.25) is 0 Å². The number of aliphatic hydroxyl groups is 3. The highest BCUT2D eigenvalue weighted by Crippen LogP contribution is 2.64. The van der Waals surface area contributed by atoms with Gasteiger partial charge in [0.2, 0.25) is 11.6 Å². The van der Waals surface area contributed by atoms with Gasteiger partial charge in [0.15, 0.2) is 11.7 Å². The van der Waals surface area contributed by atoms with Crippen molar-refractivity contribution in [2.45, 2.75) is 122 Å². The highest BCUT2D eigenvalue weighted by Gasteiger charge is 2.79. The van der Waals surface area contributed by atoms with Gasteiger partial charge in [-0.1, -0.05) is 69.3 Å². The van der Waals surface area contributed by atoms with Crippen LogP contribution in [0.3, 0.4) is 0 Å². The van der Waals surface area contributed by atoms with Gasteiger partial charge in [0.05, 0.1) is 35.6 Å². The third-order valence-electron chi connectivity index (χ3n) is 12.9. The lowest BCUT2D eigenvalue weighted by Gasteiger charge is -2.67. The molecule has 1 aliphatic heterocycles. The Kier molecular flexibility index (Phi) is 11.2. The molecule has 3 aliphatic carbocycles. The molecule has 1 amide bonds. The molecule has 1 heterocycles. The van der Waals surface area contributed by atoms with Crippen LogP contribution in [0.4, 0.5) is 4.79 Å². The van der Waals surface area contributed by atoms with Crippen LogP contribution in [-0.4, -0.2) is 105 Å². The maximum atomic E-state index is 14.9. The zero-order valence-electron chi connectivity index (χ0n) is 33.9. The molecule has 58 heavy (non-hydrogen) atoms. The molecule has 0 aromatic heterocycles. The van der Waals surface area contributed by atoms with Crippen LogP contribution in [-0.2, 0) is 42.9 Å². The highest BCUT2D eigenvalue weighted by atomic mass is 16.6. The molecule has 1 saturated heterocycles. The van der Waals surface area contributed by atoms with Gasteiger partial charge in [0, 0.05) is 37.0 Å². The summed E-state index contributed by atoms with van der Waals surface area (Å²) >= 11 is 0. The van der Waals surface area contributed by atoms with Gasteiger partial charge in [0.25, 0.3) is 0 Å². The first-order valence-corrected chi connectivity index (χ1v) is 19.5. The summed E-state index contributed by atoms with van der Waals surface area (Å²) in [5.41, 5.74) is -8.31. The van der Waals surface area contributed by atoms with E-state index in [0.29, 0.717) is 5.56 Å². The van der Waals surface area contributed by atoms with Crippen molar-refractivity contribution in [2.24, 2.45) is 28.6 Å². The van der Waals surface area contributed by atoms with Crippen LogP contribution in [0.15, 0.2) is 60.7 Å². The summed E-state index contributed by atoms with van der Waals surface area (Å²) in [5.74, 6) is -8.93. The lowest BCUT2D eigenvalue weighted by atomic mass is 9.42. The Morgan fingerprint density at radius 3 is 2.10 bits per heavy atom. The van der Waals surface area contributed by atoms with Gasteiger partial charge in [-0.25, -0.2) is 14.4 Å². The van der Waals surface area contributed by atoms with Crippen molar-refractivity contribution < 1.29 is 67.8 Å². The second-order valence-corrected chi connectivity index (χ2v) is 17.9. The molecule has 2 aromatic carbocycles. The Labute approximate surface area is 336 Å². The zero-order chi connectivity index (χ0) is 42.7. The molecule has 12 atom stereocenters. The molecule has 3 unspecified atom stereocenters. The summed E-state index contributed by atoms with van der Waals surface area (Å²) in [6.07, 6.45) is -9.48. The number of carbonyl (C=O) groups excluding carboxylic acids is 6. The monoisotopic (exact) mass is 807 g/mol. The smallest absolute Gasteiger partial charge is 0.408 e. The quantitative estimate of drug-likeness (QED) is 0.171. The molecule has 2 aromatic rings. The minimum atomic E-state index is -2.36. The topological polar surface area (TPSA) is 221 Å². The Balaban J connectivity index is 1.46. The second-order valence-electron chi connectivity index (χ2n) is 17.9. The van der Waals surface area contributed by atoms with E-state index in [1.54, 1.807) is 90.1 Å². The number of fused-ring (bicyclic) bond motifs is 5. The van der Waals surface area contributed by atoms with Crippen molar-refractivity contribution in [3.63, 3.8) is 0 Å². The molecular formula is C43H53NO14. The number of benzene rings is 2. The van der Waals surface area contributed by atoms with Crippen molar-refractivity contribution >= 4 is 35.6 Å². The Morgan fingerprint density at radius 2 is 1.55 bits per heavy atom. The number of hydrogen-bond acceptors (Lipinski definition) is 14. The average Bonchev–Trinajstić information content (AvgIpc) is 3.14. The van der Waals surface area contributed by atoms with E-state index in [1.165, 1.54) is 19.1 Å². The van der Waals surface area contributed by atoms with Gasteiger partial charge in [-0.3, -0.25) is 14.4 Å². The molecule has 2 bridgehead atoms. The number of ketones is 2. The average molecular weight is 808 g/mol. The van der Waals surface area contributed by atoms with Crippen LogP contribution >= 0.6 is 0 Å². The first kappa shape index (κ1) is 42.9. The number of alkyl carbamates (subject to hydrolysis) is 1. The third-order valence-corrected chi connectivity index (χ3v) is 12.9. The van der Waals surface area contributed by atoms with Crippen LogP contribution < -0.4 is 5.32 Å². The fourth-order valence-electron chi connectivity index (χ4n) is 9.87. The van der Waals surface area contributed by atoms with Crippen LogP contribution in [0.5, 0.6) is 0 Å². The maximum absolute atomic E-state index is 14.9. The zero-order valence-corrected chi connectivity index (χ0v) is 33.9. The fraction of sp³-hybridized carbons (Fsp3) is 0.581. The summed E-state index contributed by atoms with van der Waals surface area (Å²) in [6.45, 7) is 11.8. The minimum Gasteiger partial charge on any atom is -0.460 e. The first-order chi connectivity index (χ1) is 27.0. The van der Waals surface area contributed by atoms with E-state index >= 15 is 0 Å². The Bertz CT molecular complexity index is 1950. The fourth-order valence-corrected chi connectivity index (χ4v) is 9.87. The van der Waals surface area contributed by atoms with Crippen molar-refractivity contribution in [1.29, 1.82) is 0 Å². The van der Waals surface area contributed by atoms with Gasteiger partial charge in [-0.15, -0.1) is 0 Å². The molecule has 4 fully saturated rings. The predicted molar refractivity (Wildman–Crippen MR) is 203 cm³/mol. The standard InChI is InChI=1S/C43H53NO14/c1-22-26(55-37(51)32(48)30(24-15-11-9-12-16-24)44-38(52)58-39(3,4)5)20-43(53)35(56-36(50)25-17-13-10-14-18-25)33-41(8,34(49)31(47)29(22)40(43,6)7)27(46)19-28-42(33,21-54-28)57-23(2)45/h9-18,22,26-30,32-33,35,46,48,53H,19-21H2,1-8H3,(H,44,52)/t22?,26-,27-,28+,29?,30-,32+,33-,35-,41+,42-,43?/m0/s1. The molecule has 0 radical (unpaired) electrons. The lowest BCUT2D eigenvalue weighted by molar-refractivity contribution is -0.350. The molecule has 6 rings (SSSR count). The van der Waals surface area contributed by atoms with E-state index in [0.717, 1.165) is 6.92 Å². The number of rotatable bonds is 8. The number of nitrogens with one attached hydrogen (secondary N) is 1. The molecule has 3 saturated carbocycles. The number of aliphatic hydroxyl groups excluding tert-OH is 2. The van der Waals surface area contributed by atoms with Gasteiger partial charge >= 0.3 is 24.0 Å². The van der Waals surface area contributed by atoms with Crippen LogP contribution in [0, 0.1) is 28.6 Å². The number of amides is 1. The van der Waals surface area contributed by atoms with E-state index in [4.69, 9.17) is 23.7 Å². The molecule has 15 nitrogen and oxygen atoms in total. The highest BCUT2D eigenvalue weighted by molar-refractivity contribution is 6.40. The number of ether oxygens (including phenoxy) is 5. The molecular weight excluding hydrogens is 754 g/mol. The normalized spacial score (nSPS) is 34.9. The summed E-state index contributed by atoms with van der Waals surface area (Å²) in [6, 6.07) is 14.6. The summed E-state index contributed by atoms with van der Waals surface area (Å²) < 4.78 is 29.5. The Morgan fingerprint density at radius 1 is 0.948 bits per heavy atom. The molecule has 4 aliphatic rings. The van der Waals surface area contributed by atoms with Gasteiger partial charge in [-0.2, -0.15) is 0 Å². The second kappa shape index (κ2) is 15.2. The predicted octanol–water partition coefficient (Wildman–Crippen LogP) is 3.40. The number of Topliss-reactive ketones (excluding diaryl/α,β-unsaturated/α-hetero) is 2. The van der Waals surface area contributed by atoms with Gasteiger partial charge < -0.3 is 44.3 Å². The van der Waals surface area contributed by atoms with Crippen molar-refractivity contribution in [2.75, 3.05) is 6.61 Å². The summed E-state index contributed by atoms with van der Waals surface area (Å²) in [4.78, 5) is 83.6. The number of carbonyl (C=O) groups is 6. The van der Waals surface area contributed by atoms with E-state index in [1.807, 2.05) is 0 Å². The molecule has 4 N–H and O–H groups in total. The molecule has 314 valence electrons. The number of esters is 3. The van der Waals surface area contributed by atoms with Crippen LogP contribution in [0.25, 0.3) is 0 Å². The van der Waals surface area contributed by atoms with Gasteiger partial charge in [-0.05, 0) is 45.4 Å². The molecule has 0 spiro atoms. The van der Waals surface area contributed by atoms with Gasteiger partial charge in [0.1, 0.15) is 29.5 Å². The van der Waals surface area contributed by atoms with E-state index in [-0.39, 0.29) is 18.6 Å². The third kappa shape index (κ3) is 7.09. The van der Waals surface area contributed by atoms with E-state index in [2.05, 4.69) is 5.32 Å². The summed E-state index contributed by atoms with van der Waals surface area (Å²) in [5, 5.41) is 39.3. The number of hydrogen-bond donors (Lipinski definition) is 4. The summed E-state index contributed by atoms with van der Waals surface area (Å²) in [7, 11) is 0. The van der Waals surface area contributed by atoms with Crippen molar-refractivity contribution in [3.05, 3.63) is 71.8 Å². The Hall–Kier alpha value is -4.70. The maximum Gasteiger partial charge on any atom is 0.408 e. The van der Waals surface area contributed by atoms with E-state index in [9.17, 15) is 44.1 Å². The van der Waals surface area contributed by atoms with E-state index < -0.39 is 124 Å². The van der Waals surface area contributed by atoms with Crippen LogP contribution in [0.1, 0.15) is 90.2 Å². The SMILES string of the molecule is CC(=O)O[C@@]12CO[C@@H]1C[C@H](O)[C@@]1(C)C(=O)C(=O)C3C(C)[C@@H](OC(=O)[C@H](O)[C@@H](NC(=O)OC(C)(C)C)c4ccccc4)CC(O)([C@@H](OC(=O)c4ccccc4)[C@H]21)C3(C)C. The first-order valence-electron chi connectivity index (χ1n) is 19.5. The lowest BCUT2D eigenvalue weighted by Crippen LogP contribution is -2.82. The largest absolute Gasteiger partial charge is 0.460 e.